The Bertz CT molecular complexity index is 1070. The number of carbonyl (C=O) groups is 3. The molecule has 1 unspecified atom stereocenters. The maximum absolute atomic E-state index is 13.0. The van der Waals surface area contributed by atoms with E-state index in [9.17, 15) is 14.4 Å². The molecule has 3 atom stereocenters. The van der Waals surface area contributed by atoms with Gasteiger partial charge in [0, 0.05) is 37.4 Å². The highest BCUT2D eigenvalue weighted by atomic mass is 16.5. The summed E-state index contributed by atoms with van der Waals surface area (Å²) in [5, 5.41) is 11.9. The monoisotopic (exact) mass is 476 g/mol. The van der Waals surface area contributed by atoms with Crippen molar-refractivity contribution in [2.24, 2.45) is 11.8 Å². The molecule has 2 aromatic rings. The number of carbonyl (C=O) groups excluding carboxylic acids is 2. The van der Waals surface area contributed by atoms with E-state index in [2.05, 4.69) is 29.6 Å². The maximum atomic E-state index is 13.0. The zero-order chi connectivity index (χ0) is 24.4. The van der Waals surface area contributed by atoms with Crippen molar-refractivity contribution in [3.05, 3.63) is 59.7 Å². The van der Waals surface area contributed by atoms with Crippen molar-refractivity contribution in [1.82, 2.24) is 10.2 Å². The number of fused-ring (bicyclic) bond motifs is 3. The molecule has 0 bridgehead atoms. The molecule has 3 aliphatic rings. The van der Waals surface area contributed by atoms with E-state index in [4.69, 9.17) is 9.84 Å². The van der Waals surface area contributed by atoms with Crippen LogP contribution in [0.5, 0.6) is 0 Å². The van der Waals surface area contributed by atoms with Crippen molar-refractivity contribution in [3.63, 3.8) is 0 Å². The third-order valence-corrected chi connectivity index (χ3v) is 7.69. The number of piperidine rings is 1. The Morgan fingerprint density at radius 1 is 1.00 bits per heavy atom. The van der Waals surface area contributed by atoms with Crippen LogP contribution in [0, 0.1) is 11.8 Å². The summed E-state index contributed by atoms with van der Waals surface area (Å²) in [5.74, 6) is -0.663. The molecule has 2 fully saturated rings. The number of hydrogen-bond acceptors (Lipinski definition) is 4. The second-order valence-corrected chi connectivity index (χ2v) is 9.92. The normalized spacial score (nSPS) is 22.7. The van der Waals surface area contributed by atoms with Gasteiger partial charge in [-0.05, 0) is 60.3 Å². The molecular formula is C28H32N2O5. The summed E-state index contributed by atoms with van der Waals surface area (Å²) < 4.78 is 5.60. The van der Waals surface area contributed by atoms with Crippen LogP contribution in [-0.2, 0) is 14.3 Å². The Kier molecular flexibility index (Phi) is 6.75. The van der Waals surface area contributed by atoms with E-state index in [1.54, 1.807) is 0 Å². The van der Waals surface area contributed by atoms with Crippen LogP contribution in [0.1, 0.15) is 55.6 Å². The predicted molar refractivity (Wildman–Crippen MR) is 131 cm³/mol. The predicted octanol–water partition coefficient (Wildman–Crippen LogP) is 4.41. The fraction of sp³-hybridized carbons (Fsp3) is 0.464. The number of aliphatic carboxylic acids is 1. The van der Waals surface area contributed by atoms with Gasteiger partial charge >= 0.3 is 12.1 Å². The van der Waals surface area contributed by atoms with E-state index in [-0.39, 0.29) is 42.7 Å². The van der Waals surface area contributed by atoms with Gasteiger partial charge in [-0.3, -0.25) is 9.59 Å². The lowest BCUT2D eigenvalue weighted by atomic mass is 9.97. The summed E-state index contributed by atoms with van der Waals surface area (Å²) in [6.45, 7) is 1.39. The molecule has 2 aliphatic carbocycles. The van der Waals surface area contributed by atoms with Crippen molar-refractivity contribution in [1.29, 1.82) is 0 Å². The fourth-order valence-electron chi connectivity index (χ4n) is 5.73. The van der Waals surface area contributed by atoms with E-state index in [1.807, 2.05) is 29.2 Å². The summed E-state index contributed by atoms with van der Waals surface area (Å²) in [7, 11) is 0. The topological polar surface area (TPSA) is 95.9 Å². The highest BCUT2D eigenvalue weighted by Gasteiger charge is 2.46. The molecule has 1 heterocycles. The van der Waals surface area contributed by atoms with E-state index in [0.29, 0.717) is 19.5 Å². The van der Waals surface area contributed by atoms with Crippen LogP contribution in [-0.4, -0.2) is 53.7 Å². The van der Waals surface area contributed by atoms with Gasteiger partial charge in [0.2, 0.25) is 5.91 Å². The van der Waals surface area contributed by atoms with Gasteiger partial charge in [-0.2, -0.15) is 0 Å². The molecule has 2 amide bonds. The SMILES string of the molecule is O=C(O)CCC1CCCCN1C(=O)[C@@H]1C[C@@H]1CNC(=O)OCC1c2ccccc2-c2ccccc21. The highest BCUT2D eigenvalue weighted by molar-refractivity contribution is 5.82. The lowest BCUT2D eigenvalue weighted by Gasteiger charge is -2.36. The van der Waals surface area contributed by atoms with E-state index in [1.165, 1.54) is 22.3 Å². The minimum atomic E-state index is -0.820. The third kappa shape index (κ3) is 5.04. The van der Waals surface area contributed by atoms with Crippen LogP contribution in [0.2, 0.25) is 0 Å². The minimum absolute atomic E-state index is 0.0173. The zero-order valence-electron chi connectivity index (χ0n) is 19.8. The van der Waals surface area contributed by atoms with Crippen molar-refractivity contribution in [3.8, 4) is 11.1 Å². The molecule has 0 radical (unpaired) electrons. The van der Waals surface area contributed by atoms with Crippen molar-refractivity contribution in [2.75, 3.05) is 19.7 Å². The first-order chi connectivity index (χ1) is 17.0. The Hall–Kier alpha value is -3.35. The number of hydrogen-bond donors (Lipinski definition) is 2. The molecule has 5 rings (SSSR count). The average molecular weight is 477 g/mol. The molecule has 35 heavy (non-hydrogen) atoms. The van der Waals surface area contributed by atoms with Crippen molar-refractivity contribution < 1.29 is 24.2 Å². The number of nitrogens with one attached hydrogen (secondary N) is 1. The average Bonchev–Trinajstić information content (AvgIpc) is 3.59. The Morgan fingerprint density at radius 3 is 2.37 bits per heavy atom. The number of likely N-dealkylation sites (tertiary alicyclic amines) is 1. The number of benzene rings is 2. The molecule has 2 aromatic carbocycles. The lowest BCUT2D eigenvalue weighted by molar-refractivity contribution is -0.140. The second kappa shape index (κ2) is 10.1. The summed E-state index contributed by atoms with van der Waals surface area (Å²) in [4.78, 5) is 38.4. The van der Waals surface area contributed by atoms with Crippen LogP contribution < -0.4 is 5.32 Å². The standard InChI is InChI=1S/C28H32N2O5/c31-26(32)13-12-19-7-5-6-14-30(19)27(33)24-15-18(24)16-29-28(34)35-17-25-22-10-3-1-8-20(22)21-9-2-4-11-23(21)25/h1-4,8-11,18-19,24-25H,5-7,12-17H2,(H,29,34)(H,31,32)/t18-,19?,24-/m1/s1. The van der Waals surface area contributed by atoms with E-state index < -0.39 is 12.1 Å². The summed E-state index contributed by atoms with van der Waals surface area (Å²) in [6, 6.07) is 16.5. The van der Waals surface area contributed by atoms with Crippen LogP contribution in [0.15, 0.2) is 48.5 Å². The molecule has 0 spiro atoms. The highest BCUT2D eigenvalue weighted by Crippen LogP contribution is 2.44. The van der Waals surface area contributed by atoms with Crippen LogP contribution in [0.3, 0.4) is 0 Å². The first kappa shape index (κ1) is 23.4. The van der Waals surface area contributed by atoms with Gasteiger partial charge in [0.15, 0.2) is 0 Å². The molecule has 7 nitrogen and oxygen atoms in total. The van der Waals surface area contributed by atoms with Crippen LogP contribution >= 0.6 is 0 Å². The Morgan fingerprint density at radius 2 is 1.69 bits per heavy atom. The lowest BCUT2D eigenvalue weighted by Crippen LogP contribution is -2.45. The third-order valence-electron chi connectivity index (χ3n) is 7.69. The van der Waals surface area contributed by atoms with Crippen LogP contribution in [0.25, 0.3) is 11.1 Å². The maximum Gasteiger partial charge on any atom is 0.407 e. The number of amides is 2. The summed E-state index contributed by atoms with van der Waals surface area (Å²) in [5.41, 5.74) is 4.73. The van der Waals surface area contributed by atoms with Gasteiger partial charge in [0.25, 0.3) is 0 Å². The van der Waals surface area contributed by atoms with Crippen molar-refractivity contribution in [2.45, 2.75) is 50.5 Å². The number of nitrogens with zero attached hydrogens (tertiary/aromatic N) is 1. The number of ether oxygens (including phenoxy) is 1. The molecule has 1 saturated carbocycles. The number of alkyl carbamates (subject to hydrolysis) is 1. The molecule has 7 heteroatoms. The quantitative estimate of drug-likeness (QED) is 0.589. The summed E-state index contributed by atoms with van der Waals surface area (Å²) >= 11 is 0. The number of carboxylic acid groups (broad SMARTS) is 1. The Balaban J connectivity index is 1.10. The smallest absolute Gasteiger partial charge is 0.407 e. The van der Waals surface area contributed by atoms with Gasteiger partial charge in [-0.25, -0.2) is 4.79 Å². The largest absolute Gasteiger partial charge is 0.481 e. The number of carboxylic acids is 1. The molecule has 2 N–H and O–H groups in total. The first-order valence-electron chi connectivity index (χ1n) is 12.6. The van der Waals surface area contributed by atoms with Gasteiger partial charge in [0.05, 0.1) is 0 Å². The summed E-state index contributed by atoms with van der Waals surface area (Å²) in [6.07, 6.45) is 3.76. The molecule has 1 saturated heterocycles. The van der Waals surface area contributed by atoms with Gasteiger partial charge in [0.1, 0.15) is 6.61 Å². The molecule has 1 aliphatic heterocycles. The molecular weight excluding hydrogens is 444 g/mol. The fourth-order valence-corrected chi connectivity index (χ4v) is 5.73. The first-order valence-corrected chi connectivity index (χ1v) is 12.6. The van der Waals surface area contributed by atoms with E-state index >= 15 is 0 Å². The van der Waals surface area contributed by atoms with Crippen LogP contribution in [0.4, 0.5) is 4.79 Å². The zero-order valence-corrected chi connectivity index (χ0v) is 19.8. The minimum Gasteiger partial charge on any atom is -0.481 e. The van der Waals surface area contributed by atoms with Crippen molar-refractivity contribution >= 4 is 18.0 Å². The molecule has 0 aromatic heterocycles. The van der Waals surface area contributed by atoms with Gasteiger partial charge in [-0.1, -0.05) is 48.5 Å². The van der Waals surface area contributed by atoms with Gasteiger partial charge in [-0.15, -0.1) is 0 Å². The second-order valence-electron chi connectivity index (χ2n) is 9.92. The Labute approximate surface area is 205 Å². The van der Waals surface area contributed by atoms with E-state index in [0.717, 1.165) is 25.7 Å². The van der Waals surface area contributed by atoms with Gasteiger partial charge < -0.3 is 20.1 Å². The number of rotatable bonds is 8. The molecule has 184 valence electrons.